The van der Waals surface area contributed by atoms with Crippen molar-refractivity contribution in [2.75, 3.05) is 25.2 Å². The van der Waals surface area contributed by atoms with Crippen molar-refractivity contribution in [3.8, 4) is 6.07 Å². The van der Waals surface area contributed by atoms with Crippen LogP contribution in [0.2, 0.25) is 0 Å². The Bertz CT molecular complexity index is 510. The van der Waals surface area contributed by atoms with E-state index < -0.39 is 0 Å². The zero-order valence-electron chi connectivity index (χ0n) is 11.7. The van der Waals surface area contributed by atoms with Gasteiger partial charge in [0.2, 0.25) is 0 Å². The average Bonchev–Trinajstić information content (AvgIpc) is 2.96. The smallest absolute Gasteiger partial charge is 0.168 e. The van der Waals surface area contributed by atoms with Gasteiger partial charge in [-0.25, -0.2) is 4.98 Å². The number of rotatable bonds is 2. The number of anilines is 1. The van der Waals surface area contributed by atoms with E-state index in [1.54, 1.807) is 6.20 Å². The van der Waals surface area contributed by atoms with Crippen LogP contribution in [0.5, 0.6) is 0 Å². The molecule has 5 nitrogen and oxygen atoms in total. The summed E-state index contributed by atoms with van der Waals surface area (Å²) in [5.41, 5.74) is 1.51. The van der Waals surface area contributed by atoms with Crippen molar-refractivity contribution < 1.29 is 9.47 Å². The van der Waals surface area contributed by atoms with Gasteiger partial charge in [-0.15, -0.1) is 0 Å². The molecule has 1 saturated heterocycles. The molecule has 0 bridgehead atoms. The Hall–Kier alpha value is -1.64. The second-order valence-electron chi connectivity index (χ2n) is 5.46. The van der Waals surface area contributed by atoms with Crippen molar-refractivity contribution >= 4 is 5.69 Å². The number of nitriles is 1. The van der Waals surface area contributed by atoms with E-state index in [9.17, 15) is 0 Å². The first kappa shape index (κ1) is 13.3. The van der Waals surface area contributed by atoms with E-state index in [-0.39, 0.29) is 5.79 Å². The van der Waals surface area contributed by atoms with Crippen LogP contribution in [-0.2, 0) is 9.47 Å². The van der Waals surface area contributed by atoms with Gasteiger partial charge in [0, 0.05) is 37.8 Å². The minimum Gasteiger partial charge on any atom is -0.371 e. The molecule has 1 aromatic rings. The molecule has 1 spiro atoms. The van der Waals surface area contributed by atoms with E-state index in [4.69, 9.17) is 14.7 Å². The summed E-state index contributed by atoms with van der Waals surface area (Å²) in [5.74, 6) is -0.312. The van der Waals surface area contributed by atoms with Gasteiger partial charge in [-0.3, -0.25) is 0 Å². The molecule has 3 rings (SSSR count). The monoisotopic (exact) mass is 273 g/mol. The van der Waals surface area contributed by atoms with Gasteiger partial charge in [0.1, 0.15) is 11.8 Å². The van der Waals surface area contributed by atoms with Gasteiger partial charge in [0.25, 0.3) is 0 Å². The SMILES string of the molecule is CN(c1ccnc(C#N)c1)C1CCC2(CC1)OCCO2. The predicted molar refractivity (Wildman–Crippen MR) is 74.2 cm³/mol. The summed E-state index contributed by atoms with van der Waals surface area (Å²) in [6, 6.07) is 6.34. The summed E-state index contributed by atoms with van der Waals surface area (Å²) in [6.07, 6.45) is 5.66. The summed E-state index contributed by atoms with van der Waals surface area (Å²) in [4.78, 5) is 6.26. The van der Waals surface area contributed by atoms with Crippen LogP contribution in [0.15, 0.2) is 18.3 Å². The lowest BCUT2D eigenvalue weighted by atomic mass is 9.89. The van der Waals surface area contributed by atoms with Crippen molar-refractivity contribution in [2.45, 2.75) is 37.5 Å². The molecule has 2 fully saturated rings. The molecule has 2 heterocycles. The number of nitrogens with zero attached hydrogens (tertiary/aromatic N) is 3. The lowest BCUT2D eigenvalue weighted by Crippen LogP contribution is -2.42. The van der Waals surface area contributed by atoms with E-state index in [1.165, 1.54) is 0 Å². The minimum atomic E-state index is -0.312. The summed E-state index contributed by atoms with van der Waals surface area (Å²) < 4.78 is 11.5. The van der Waals surface area contributed by atoms with E-state index in [0.717, 1.165) is 44.6 Å². The highest BCUT2D eigenvalue weighted by Gasteiger charge is 2.41. The number of hydrogen-bond acceptors (Lipinski definition) is 5. The molecule has 0 atom stereocenters. The van der Waals surface area contributed by atoms with Crippen LogP contribution in [0.25, 0.3) is 0 Å². The summed E-state index contributed by atoms with van der Waals surface area (Å²) in [5, 5.41) is 8.93. The first-order valence-electron chi connectivity index (χ1n) is 7.09. The Morgan fingerprint density at radius 2 is 2.05 bits per heavy atom. The van der Waals surface area contributed by atoms with Gasteiger partial charge >= 0.3 is 0 Å². The summed E-state index contributed by atoms with van der Waals surface area (Å²) in [6.45, 7) is 1.44. The van der Waals surface area contributed by atoms with Gasteiger partial charge in [-0.1, -0.05) is 0 Å². The largest absolute Gasteiger partial charge is 0.371 e. The topological polar surface area (TPSA) is 58.4 Å². The van der Waals surface area contributed by atoms with Crippen molar-refractivity contribution in [3.63, 3.8) is 0 Å². The van der Waals surface area contributed by atoms with Crippen LogP contribution in [0.4, 0.5) is 5.69 Å². The molecule has 0 aromatic carbocycles. The second kappa shape index (κ2) is 5.39. The highest BCUT2D eigenvalue weighted by atomic mass is 16.7. The molecule has 2 aliphatic rings. The van der Waals surface area contributed by atoms with Gasteiger partial charge in [-0.05, 0) is 25.0 Å². The van der Waals surface area contributed by atoms with Gasteiger partial charge < -0.3 is 14.4 Å². The lowest BCUT2D eigenvalue weighted by molar-refractivity contribution is -0.178. The Balaban J connectivity index is 1.66. The molecule has 0 N–H and O–H groups in total. The van der Waals surface area contributed by atoms with Crippen molar-refractivity contribution in [3.05, 3.63) is 24.0 Å². The van der Waals surface area contributed by atoms with Crippen molar-refractivity contribution in [1.82, 2.24) is 4.98 Å². The molecule has 1 aromatic heterocycles. The zero-order valence-corrected chi connectivity index (χ0v) is 11.7. The maximum Gasteiger partial charge on any atom is 0.168 e. The maximum atomic E-state index is 8.93. The Morgan fingerprint density at radius 1 is 1.35 bits per heavy atom. The van der Waals surface area contributed by atoms with E-state index in [0.29, 0.717) is 11.7 Å². The molecule has 1 aliphatic heterocycles. The lowest BCUT2D eigenvalue weighted by Gasteiger charge is -2.39. The van der Waals surface area contributed by atoms with Gasteiger partial charge in [-0.2, -0.15) is 5.26 Å². The molecular formula is C15H19N3O2. The van der Waals surface area contributed by atoms with Gasteiger partial charge in [0.05, 0.1) is 13.2 Å². The van der Waals surface area contributed by atoms with Crippen molar-refractivity contribution in [2.24, 2.45) is 0 Å². The number of hydrogen-bond donors (Lipinski definition) is 0. The molecule has 0 amide bonds. The molecule has 106 valence electrons. The van der Waals surface area contributed by atoms with Crippen LogP contribution < -0.4 is 4.90 Å². The first-order valence-corrected chi connectivity index (χ1v) is 7.09. The predicted octanol–water partition coefficient (Wildman–Crippen LogP) is 2.08. The molecular weight excluding hydrogens is 254 g/mol. The van der Waals surface area contributed by atoms with Gasteiger partial charge in [0.15, 0.2) is 5.79 Å². The van der Waals surface area contributed by atoms with Crippen LogP contribution in [0.1, 0.15) is 31.4 Å². The number of pyridine rings is 1. The molecule has 0 unspecified atom stereocenters. The van der Waals surface area contributed by atoms with Crippen LogP contribution >= 0.6 is 0 Å². The molecule has 0 radical (unpaired) electrons. The summed E-state index contributed by atoms with van der Waals surface area (Å²) >= 11 is 0. The van der Waals surface area contributed by atoms with Crippen LogP contribution in [0.3, 0.4) is 0 Å². The highest BCUT2D eigenvalue weighted by Crippen LogP contribution is 2.37. The third-order valence-corrected chi connectivity index (χ3v) is 4.34. The molecule has 5 heteroatoms. The standard InChI is InChI=1S/C15H19N3O2/c1-18(14-4-7-17-12(10-14)11-16)13-2-5-15(6-3-13)19-8-9-20-15/h4,7,10,13H,2-3,5-6,8-9H2,1H3. The summed E-state index contributed by atoms with van der Waals surface area (Å²) in [7, 11) is 2.08. The first-order chi connectivity index (χ1) is 9.72. The average molecular weight is 273 g/mol. The number of aromatic nitrogens is 1. The fourth-order valence-corrected chi connectivity index (χ4v) is 3.13. The van der Waals surface area contributed by atoms with Crippen LogP contribution in [-0.4, -0.2) is 37.1 Å². The normalized spacial score (nSPS) is 21.8. The zero-order chi connectivity index (χ0) is 14.0. The highest BCUT2D eigenvalue weighted by molar-refractivity contribution is 5.49. The quantitative estimate of drug-likeness (QED) is 0.825. The Kier molecular flexibility index (Phi) is 3.60. The van der Waals surface area contributed by atoms with E-state index >= 15 is 0 Å². The fourth-order valence-electron chi connectivity index (χ4n) is 3.13. The third kappa shape index (κ3) is 2.49. The Labute approximate surface area is 119 Å². The van der Waals surface area contributed by atoms with Crippen molar-refractivity contribution in [1.29, 1.82) is 5.26 Å². The maximum absolute atomic E-state index is 8.93. The molecule has 1 aliphatic carbocycles. The molecule has 1 saturated carbocycles. The fraction of sp³-hybridized carbons (Fsp3) is 0.600. The third-order valence-electron chi connectivity index (χ3n) is 4.34. The van der Waals surface area contributed by atoms with Crippen LogP contribution in [0, 0.1) is 11.3 Å². The Morgan fingerprint density at radius 3 is 2.70 bits per heavy atom. The second-order valence-corrected chi connectivity index (χ2v) is 5.46. The van der Waals surface area contributed by atoms with E-state index in [2.05, 4.69) is 23.0 Å². The number of ether oxygens (including phenoxy) is 2. The minimum absolute atomic E-state index is 0.312. The van der Waals surface area contributed by atoms with E-state index in [1.807, 2.05) is 12.1 Å². The molecule has 20 heavy (non-hydrogen) atoms.